The second kappa shape index (κ2) is 6.13. The summed E-state index contributed by atoms with van der Waals surface area (Å²) in [6, 6.07) is 7.69. The second-order valence-electron chi connectivity index (χ2n) is 4.55. The van der Waals surface area contributed by atoms with E-state index in [0.717, 1.165) is 0 Å². The van der Waals surface area contributed by atoms with E-state index in [0.29, 0.717) is 5.56 Å². The zero-order valence-corrected chi connectivity index (χ0v) is 11.3. The standard InChI is InChI=1S/C15H10F5NO/c1-7(8-5-3-2-4-6-8)21-15(22)9-10(16)12(18)14(20)13(19)11(9)17/h2-7H,1H3,(H,21,22)/t7-/m1/s1. The molecule has 0 heterocycles. The summed E-state index contributed by atoms with van der Waals surface area (Å²) >= 11 is 0. The van der Waals surface area contributed by atoms with Gasteiger partial charge in [0.25, 0.3) is 5.91 Å². The summed E-state index contributed by atoms with van der Waals surface area (Å²) in [4.78, 5) is 11.8. The normalized spacial score (nSPS) is 12.1. The van der Waals surface area contributed by atoms with Gasteiger partial charge in [0.05, 0.1) is 6.04 Å². The van der Waals surface area contributed by atoms with Crippen molar-refractivity contribution >= 4 is 5.91 Å². The fourth-order valence-corrected chi connectivity index (χ4v) is 1.90. The van der Waals surface area contributed by atoms with E-state index in [1.165, 1.54) is 6.92 Å². The first-order valence-corrected chi connectivity index (χ1v) is 6.21. The Bertz CT molecular complexity index is 689. The van der Waals surface area contributed by atoms with E-state index in [1.807, 2.05) is 0 Å². The quantitative estimate of drug-likeness (QED) is 0.520. The second-order valence-corrected chi connectivity index (χ2v) is 4.55. The molecule has 0 spiro atoms. The first kappa shape index (κ1) is 15.9. The fraction of sp³-hybridized carbons (Fsp3) is 0.133. The van der Waals surface area contributed by atoms with Crippen LogP contribution in [0.15, 0.2) is 30.3 Å². The van der Waals surface area contributed by atoms with Gasteiger partial charge in [-0.1, -0.05) is 30.3 Å². The zero-order chi connectivity index (χ0) is 16.4. The van der Waals surface area contributed by atoms with Crippen molar-refractivity contribution < 1.29 is 26.7 Å². The van der Waals surface area contributed by atoms with E-state index in [9.17, 15) is 26.7 Å². The highest BCUT2D eigenvalue weighted by Crippen LogP contribution is 2.23. The Balaban J connectivity index is 2.35. The van der Waals surface area contributed by atoms with Gasteiger partial charge in [-0.15, -0.1) is 0 Å². The minimum Gasteiger partial charge on any atom is -0.345 e. The monoisotopic (exact) mass is 315 g/mol. The first-order valence-electron chi connectivity index (χ1n) is 6.21. The Labute approximate surface area is 122 Å². The Kier molecular flexibility index (Phi) is 4.44. The molecule has 0 saturated heterocycles. The summed E-state index contributed by atoms with van der Waals surface area (Å²) in [5.74, 6) is -12.3. The molecular weight excluding hydrogens is 305 g/mol. The molecule has 0 unspecified atom stereocenters. The van der Waals surface area contributed by atoms with E-state index < -0.39 is 46.6 Å². The lowest BCUT2D eigenvalue weighted by Crippen LogP contribution is -2.29. The molecule has 1 atom stereocenters. The number of benzene rings is 2. The van der Waals surface area contributed by atoms with Gasteiger partial charge >= 0.3 is 0 Å². The van der Waals surface area contributed by atoms with Gasteiger partial charge in [-0.3, -0.25) is 4.79 Å². The summed E-state index contributed by atoms with van der Waals surface area (Å²) < 4.78 is 66.1. The first-order chi connectivity index (χ1) is 10.3. The summed E-state index contributed by atoms with van der Waals surface area (Å²) in [6.45, 7) is 1.51. The van der Waals surface area contributed by atoms with E-state index in [-0.39, 0.29) is 0 Å². The summed E-state index contributed by atoms with van der Waals surface area (Å²) in [6.07, 6.45) is 0. The highest BCUT2D eigenvalue weighted by atomic mass is 19.2. The third kappa shape index (κ3) is 2.79. The number of hydrogen-bond donors (Lipinski definition) is 1. The molecule has 0 bridgehead atoms. The zero-order valence-electron chi connectivity index (χ0n) is 11.3. The molecule has 2 rings (SSSR count). The maximum atomic E-state index is 13.5. The number of carbonyl (C=O) groups is 1. The van der Waals surface area contributed by atoms with Gasteiger partial charge in [0.15, 0.2) is 23.3 Å². The minimum atomic E-state index is -2.30. The number of nitrogens with one attached hydrogen (secondary N) is 1. The molecule has 0 saturated carbocycles. The molecular formula is C15H10F5NO. The van der Waals surface area contributed by atoms with Crippen LogP contribution in [-0.4, -0.2) is 5.91 Å². The van der Waals surface area contributed by atoms with Crippen LogP contribution in [0.25, 0.3) is 0 Å². The number of amides is 1. The van der Waals surface area contributed by atoms with Gasteiger partial charge in [0.2, 0.25) is 5.82 Å². The van der Waals surface area contributed by atoms with Gasteiger partial charge in [0, 0.05) is 0 Å². The highest BCUT2D eigenvalue weighted by Gasteiger charge is 2.30. The van der Waals surface area contributed by atoms with Crippen LogP contribution in [0.2, 0.25) is 0 Å². The third-order valence-corrected chi connectivity index (χ3v) is 3.08. The molecule has 1 N–H and O–H groups in total. The average Bonchev–Trinajstić information content (AvgIpc) is 2.52. The van der Waals surface area contributed by atoms with Crippen molar-refractivity contribution in [2.45, 2.75) is 13.0 Å². The molecule has 2 nitrogen and oxygen atoms in total. The van der Waals surface area contributed by atoms with Crippen molar-refractivity contribution in [2.75, 3.05) is 0 Å². The predicted molar refractivity (Wildman–Crippen MR) is 68.6 cm³/mol. The minimum absolute atomic E-state index is 0.611. The van der Waals surface area contributed by atoms with Crippen LogP contribution in [0.1, 0.15) is 28.9 Å². The maximum Gasteiger partial charge on any atom is 0.257 e. The Morgan fingerprint density at radius 1 is 0.864 bits per heavy atom. The van der Waals surface area contributed by atoms with Crippen molar-refractivity contribution in [3.8, 4) is 0 Å². The SMILES string of the molecule is C[C@@H](NC(=O)c1c(F)c(F)c(F)c(F)c1F)c1ccccc1. The lowest BCUT2D eigenvalue weighted by molar-refractivity contribution is 0.0928. The molecule has 7 heteroatoms. The van der Waals surface area contributed by atoms with E-state index in [2.05, 4.69) is 5.32 Å². The summed E-state index contributed by atoms with van der Waals surface area (Å²) in [5.41, 5.74) is -0.890. The van der Waals surface area contributed by atoms with E-state index >= 15 is 0 Å². The van der Waals surface area contributed by atoms with Crippen LogP contribution in [0.5, 0.6) is 0 Å². The molecule has 0 radical (unpaired) electrons. The van der Waals surface area contributed by atoms with E-state index in [1.54, 1.807) is 30.3 Å². The molecule has 0 aromatic heterocycles. The van der Waals surface area contributed by atoms with Crippen molar-refractivity contribution in [3.63, 3.8) is 0 Å². The lowest BCUT2D eigenvalue weighted by atomic mass is 10.1. The molecule has 0 aliphatic carbocycles. The van der Waals surface area contributed by atoms with Crippen molar-refractivity contribution in [1.82, 2.24) is 5.32 Å². The van der Waals surface area contributed by atoms with Crippen molar-refractivity contribution in [1.29, 1.82) is 0 Å². The maximum absolute atomic E-state index is 13.5. The van der Waals surface area contributed by atoms with Gasteiger partial charge in [-0.25, -0.2) is 22.0 Å². The number of rotatable bonds is 3. The Morgan fingerprint density at radius 2 is 1.32 bits per heavy atom. The molecule has 2 aromatic rings. The predicted octanol–water partition coefficient (Wildman–Crippen LogP) is 3.87. The highest BCUT2D eigenvalue weighted by molar-refractivity contribution is 5.95. The lowest BCUT2D eigenvalue weighted by Gasteiger charge is -2.15. The largest absolute Gasteiger partial charge is 0.345 e. The summed E-state index contributed by atoms with van der Waals surface area (Å²) in [7, 11) is 0. The Hall–Kier alpha value is -2.44. The van der Waals surface area contributed by atoms with Gasteiger partial charge < -0.3 is 5.32 Å². The van der Waals surface area contributed by atoms with Gasteiger partial charge in [-0.2, -0.15) is 0 Å². The molecule has 0 fully saturated rings. The van der Waals surface area contributed by atoms with Crippen LogP contribution in [0.3, 0.4) is 0 Å². The average molecular weight is 315 g/mol. The fourth-order valence-electron chi connectivity index (χ4n) is 1.90. The van der Waals surface area contributed by atoms with E-state index in [4.69, 9.17) is 0 Å². The molecule has 1 amide bonds. The molecule has 0 aliphatic heterocycles. The number of halogens is 5. The van der Waals surface area contributed by atoms with Crippen LogP contribution in [0, 0.1) is 29.1 Å². The summed E-state index contributed by atoms with van der Waals surface area (Å²) in [5, 5.41) is 2.19. The Morgan fingerprint density at radius 3 is 1.82 bits per heavy atom. The van der Waals surface area contributed by atoms with Gasteiger partial charge in [0.1, 0.15) is 5.56 Å². The number of hydrogen-bond acceptors (Lipinski definition) is 1. The molecule has 22 heavy (non-hydrogen) atoms. The third-order valence-electron chi connectivity index (χ3n) is 3.08. The van der Waals surface area contributed by atoms with Crippen LogP contribution in [0.4, 0.5) is 22.0 Å². The van der Waals surface area contributed by atoms with Crippen LogP contribution < -0.4 is 5.32 Å². The van der Waals surface area contributed by atoms with Crippen LogP contribution in [-0.2, 0) is 0 Å². The number of carbonyl (C=O) groups excluding carboxylic acids is 1. The van der Waals surface area contributed by atoms with Crippen molar-refractivity contribution in [3.05, 3.63) is 70.5 Å². The molecule has 116 valence electrons. The molecule has 2 aromatic carbocycles. The smallest absolute Gasteiger partial charge is 0.257 e. The topological polar surface area (TPSA) is 29.1 Å². The van der Waals surface area contributed by atoms with Gasteiger partial charge in [-0.05, 0) is 12.5 Å². The van der Waals surface area contributed by atoms with Crippen molar-refractivity contribution in [2.24, 2.45) is 0 Å². The van der Waals surface area contributed by atoms with Crippen LogP contribution >= 0.6 is 0 Å². The molecule has 0 aliphatic rings.